The number of aliphatic hydroxyl groups excluding tert-OH is 1. The molecule has 0 radical (unpaired) electrons. The van der Waals surface area contributed by atoms with E-state index in [0.29, 0.717) is 5.56 Å². The van der Waals surface area contributed by atoms with Gasteiger partial charge in [-0.2, -0.15) is 0 Å². The number of carbonyl (C=O) groups is 1. The average Bonchev–Trinajstić information content (AvgIpc) is 2.25. The molecule has 0 aliphatic heterocycles. The number of hydrogen-bond donors (Lipinski definition) is 2. The van der Waals surface area contributed by atoms with Crippen LogP contribution in [-0.2, 0) is 0 Å². The van der Waals surface area contributed by atoms with Crippen LogP contribution in [0.1, 0.15) is 23.7 Å². The van der Waals surface area contributed by atoms with Crippen molar-refractivity contribution in [1.82, 2.24) is 5.32 Å². The Balaban J connectivity index is 2.68. The predicted molar refractivity (Wildman–Crippen MR) is 67.8 cm³/mol. The molecule has 15 heavy (non-hydrogen) atoms. The summed E-state index contributed by atoms with van der Waals surface area (Å²) in [4.78, 5) is 11.7. The molecule has 1 aromatic carbocycles. The molecule has 0 bridgehead atoms. The van der Waals surface area contributed by atoms with E-state index in [4.69, 9.17) is 5.11 Å². The van der Waals surface area contributed by atoms with Crippen LogP contribution in [0, 0.1) is 3.57 Å². The highest BCUT2D eigenvalue weighted by atomic mass is 127. The van der Waals surface area contributed by atoms with Gasteiger partial charge in [-0.05, 0) is 47.2 Å². The molecule has 3 nitrogen and oxygen atoms in total. The third kappa shape index (κ3) is 3.79. The lowest BCUT2D eigenvalue weighted by Crippen LogP contribution is -2.36. The van der Waals surface area contributed by atoms with Crippen LogP contribution in [0.4, 0.5) is 0 Å². The highest BCUT2D eigenvalue weighted by Gasteiger charge is 2.10. The largest absolute Gasteiger partial charge is 0.394 e. The zero-order chi connectivity index (χ0) is 11.3. The van der Waals surface area contributed by atoms with Gasteiger partial charge in [-0.3, -0.25) is 4.79 Å². The Morgan fingerprint density at radius 3 is 2.87 bits per heavy atom. The first-order valence-corrected chi connectivity index (χ1v) is 5.92. The minimum Gasteiger partial charge on any atom is -0.394 e. The van der Waals surface area contributed by atoms with Crippen molar-refractivity contribution in [3.63, 3.8) is 0 Å². The Bertz CT molecular complexity index is 337. The molecule has 0 aromatic heterocycles. The van der Waals surface area contributed by atoms with Crippen molar-refractivity contribution in [2.45, 2.75) is 19.4 Å². The maximum atomic E-state index is 11.7. The molecule has 0 saturated heterocycles. The lowest BCUT2D eigenvalue weighted by atomic mass is 10.2. The summed E-state index contributed by atoms with van der Waals surface area (Å²) in [5.41, 5.74) is 0.633. The van der Waals surface area contributed by atoms with Crippen LogP contribution in [-0.4, -0.2) is 23.7 Å². The summed E-state index contributed by atoms with van der Waals surface area (Å²) >= 11 is 2.16. The second-order valence-corrected chi connectivity index (χ2v) is 4.52. The molecule has 1 rings (SSSR count). The summed E-state index contributed by atoms with van der Waals surface area (Å²) in [7, 11) is 0. The fourth-order valence-corrected chi connectivity index (χ4v) is 1.72. The first-order chi connectivity index (χ1) is 7.17. The van der Waals surface area contributed by atoms with Gasteiger partial charge < -0.3 is 10.4 Å². The molecule has 1 aromatic rings. The summed E-state index contributed by atoms with van der Waals surface area (Å²) in [6.45, 7) is 1.90. The number of rotatable bonds is 4. The van der Waals surface area contributed by atoms with Gasteiger partial charge in [-0.25, -0.2) is 0 Å². The molecule has 1 atom stereocenters. The van der Waals surface area contributed by atoms with Crippen molar-refractivity contribution < 1.29 is 9.90 Å². The number of aliphatic hydroxyl groups is 1. The Hall–Kier alpha value is -0.620. The van der Waals surface area contributed by atoms with E-state index in [-0.39, 0.29) is 18.6 Å². The average molecular weight is 319 g/mol. The van der Waals surface area contributed by atoms with Gasteiger partial charge in [-0.1, -0.05) is 13.0 Å². The smallest absolute Gasteiger partial charge is 0.251 e. The molecule has 2 N–H and O–H groups in total. The molecule has 0 aliphatic rings. The second-order valence-electron chi connectivity index (χ2n) is 3.27. The van der Waals surface area contributed by atoms with Gasteiger partial charge >= 0.3 is 0 Å². The summed E-state index contributed by atoms with van der Waals surface area (Å²) in [5.74, 6) is -0.130. The summed E-state index contributed by atoms with van der Waals surface area (Å²) in [6.07, 6.45) is 0.728. The number of halogens is 1. The standard InChI is InChI=1S/C11H14INO2/c1-2-10(7-14)13-11(15)8-4-3-5-9(12)6-8/h3-6,10,14H,2,7H2,1H3,(H,13,15)/t10-/m1/s1. The zero-order valence-electron chi connectivity index (χ0n) is 8.53. The monoisotopic (exact) mass is 319 g/mol. The first-order valence-electron chi connectivity index (χ1n) is 4.84. The van der Waals surface area contributed by atoms with E-state index < -0.39 is 0 Å². The van der Waals surface area contributed by atoms with Gasteiger partial charge in [0.1, 0.15) is 0 Å². The van der Waals surface area contributed by atoms with Crippen molar-refractivity contribution >= 4 is 28.5 Å². The van der Waals surface area contributed by atoms with Crippen LogP contribution in [0.3, 0.4) is 0 Å². The van der Waals surface area contributed by atoms with Crippen LogP contribution in [0.5, 0.6) is 0 Å². The van der Waals surface area contributed by atoms with E-state index in [1.165, 1.54) is 0 Å². The highest BCUT2D eigenvalue weighted by Crippen LogP contribution is 2.08. The van der Waals surface area contributed by atoms with E-state index in [2.05, 4.69) is 27.9 Å². The van der Waals surface area contributed by atoms with Crippen LogP contribution in [0.15, 0.2) is 24.3 Å². The maximum Gasteiger partial charge on any atom is 0.251 e. The number of benzene rings is 1. The van der Waals surface area contributed by atoms with Gasteiger partial charge in [-0.15, -0.1) is 0 Å². The van der Waals surface area contributed by atoms with Crippen molar-refractivity contribution in [3.8, 4) is 0 Å². The number of amides is 1. The SMILES string of the molecule is CC[C@H](CO)NC(=O)c1cccc(I)c1. The molecule has 1 amide bonds. The van der Waals surface area contributed by atoms with Gasteiger partial charge in [0.05, 0.1) is 12.6 Å². The Labute approximate surface area is 103 Å². The summed E-state index contributed by atoms with van der Waals surface area (Å²) in [5, 5.41) is 11.7. The molecule has 0 heterocycles. The third-order valence-corrected chi connectivity index (χ3v) is 2.81. The second kappa shape index (κ2) is 6.07. The minimum absolute atomic E-state index is 0.0217. The fraction of sp³-hybridized carbons (Fsp3) is 0.364. The van der Waals surface area contributed by atoms with Gasteiger partial charge in [0.25, 0.3) is 5.91 Å². The Kier molecular flexibility index (Phi) is 5.04. The maximum absolute atomic E-state index is 11.7. The van der Waals surface area contributed by atoms with Crippen molar-refractivity contribution in [1.29, 1.82) is 0 Å². The normalized spacial score (nSPS) is 12.2. The van der Waals surface area contributed by atoms with Gasteiger partial charge in [0, 0.05) is 9.13 Å². The van der Waals surface area contributed by atoms with E-state index in [9.17, 15) is 4.79 Å². The molecule has 0 aliphatic carbocycles. The molecule has 0 unspecified atom stereocenters. The topological polar surface area (TPSA) is 49.3 Å². The molecular formula is C11H14INO2. The van der Waals surface area contributed by atoms with Crippen LogP contribution >= 0.6 is 22.6 Å². The number of carbonyl (C=O) groups excluding carboxylic acids is 1. The van der Waals surface area contributed by atoms with E-state index in [1.54, 1.807) is 6.07 Å². The van der Waals surface area contributed by atoms with Crippen molar-refractivity contribution in [2.75, 3.05) is 6.61 Å². The number of nitrogens with one attached hydrogen (secondary N) is 1. The van der Waals surface area contributed by atoms with E-state index in [0.717, 1.165) is 9.99 Å². The van der Waals surface area contributed by atoms with Crippen molar-refractivity contribution in [2.24, 2.45) is 0 Å². The zero-order valence-corrected chi connectivity index (χ0v) is 10.7. The third-order valence-electron chi connectivity index (χ3n) is 2.14. The van der Waals surface area contributed by atoms with Crippen LogP contribution in [0.25, 0.3) is 0 Å². The molecule has 0 saturated carbocycles. The molecule has 0 fully saturated rings. The quantitative estimate of drug-likeness (QED) is 0.832. The summed E-state index contributed by atoms with van der Waals surface area (Å²) in [6, 6.07) is 7.20. The van der Waals surface area contributed by atoms with Gasteiger partial charge in [0.2, 0.25) is 0 Å². The molecular weight excluding hydrogens is 305 g/mol. The highest BCUT2D eigenvalue weighted by molar-refractivity contribution is 14.1. The summed E-state index contributed by atoms with van der Waals surface area (Å²) < 4.78 is 1.03. The lowest BCUT2D eigenvalue weighted by Gasteiger charge is -2.13. The number of hydrogen-bond acceptors (Lipinski definition) is 2. The van der Waals surface area contributed by atoms with E-state index in [1.807, 2.05) is 25.1 Å². The van der Waals surface area contributed by atoms with Crippen LogP contribution < -0.4 is 5.32 Å². The Morgan fingerprint density at radius 2 is 2.33 bits per heavy atom. The minimum atomic E-state index is -0.157. The van der Waals surface area contributed by atoms with E-state index >= 15 is 0 Å². The molecule has 82 valence electrons. The first kappa shape index (κ1) is 12.4. The Morgan fingerprint density at radius 1 is 1.60 bits per heavy atom. The van der Waals surface area contributed by atoms with Crippen molar-refractivity contribution in [3.05, 3.63) is 33.4 Å². The predicted octanol–water partition coefficient (Wildman–Crippen LogP) is 1.79. The lowest BCUT2D eigenvalue weighted by molar-refractivity contribution is 0.0915. The van der Waals surface area contributed by atoms with Gasteiger partial charge in [0.15, 0.2) is 0 Å². The van der Waals surface area contributed by atoms with Crippen LogP contribution in [0.2, 0.25) is 0 Å². The molecule has 0 spiro atoms. The fourth-order valence-electron chi connectivity index (χ4n) is 1.18. The molecule has 4 heteroatoms.